The molecular formula is C19H22F2N2O3S. The van der Waals surface area contributed by atoms with Crippen LogP contribution in [0.25, 0.3) is 0 Å². The predicted octanol–water partition coefficient (Wildman–Crippen LogP) is 2.63. The van der Waals surface area contributed by atoms with Crippen LogP contribution in [-0.2, 0) is 14.8 Å². The SMILES string of the molecule is Cc1ccc([C@H](CN2CCOCC2)NS(=O)(=O)c2cc(F)ccc2F)cc1. The van der Waals surface area contributed by atoms with Gasteiger partial charge in [-0.05, 0) is 30.7 Å². The minimum absolute atomic E-state index is 0.405. The van der Waals surface area contributed by atoms with Crippen molar-refractivity contribution in [3.05, 3.63) is 65.2 Å². The lowest BCUT2D eigenvalue weighted by Gasteiger charge is -2.31. The van der Waals surface area contributed by atoms with E-state index in [1.54, 1.807) is 0 Å². The first kappa shape index (κ1) is 19.9. The van der Waals surface area contributed by atoms with Gasteiger partial charge in [-0.25, -0.2) is 21.9 Å². The van der Waals surface area contributed by atoms with Gasteiger partial charge in [0, 0.05) is 19.6 Å². The average Bonchev–Trinajstić information content (AvgIpc) is 2.64. The zero-order valence-corrected chi connectivity index (χ0v) is 15.8. The van der Waals surface area contributed by atoms with Crippen molar-refractivity contribution in [1.82, 2.24) is 9.62 Å². The van der Waals surface area contributed by atoms with E-state index in [1.165, 1.54) is 0 Å². The highest BCUT2D eigenvalue weighted by Gasteiger charge is 2.27. The summed E-state index contributed by atoms with van der Waals surface area (Å²) in [5.41, 5.74) is 1.80. The molecule has 2 aromatic rings. The maximum atomic E-state index is 14.0. The van der Waals surface area contributed by atoms with E-state index >= 15 is 0 Å². The standard InChI is InChI=1S/C19H22F2N2O3S/c1-14-2-4-15(5-3-14)18(13-23-8-10-26-11-9-23)22-27(24,25)19-12-16(20)6-7-17(19)21/h2-7,12,18,22H,8-11,13H2,1H3/t18-/m0/s1. The van der Waals surface area contributed by atoms with Crippen molar-refractivity contribution < 1.29 is 21.9 Å². The van der Waals surface area contributed by atoms with Gasteiger partial charge in [0.25, 0.3) is 0 Å². The first-order valence-electron chi connectivity index (χ1n) is 8.69. The van der Waals surface area contributed by atoms with Gasteiger partial charge in [-0.3, -0.25) is 4.90 Å². The highest BCUT2D eigenvalue weighted by atomic mass is 32.2. The van der Waals surface area contributed by atoms with Crippen molar-refractivity contribution in [2.75, 3.05) is 32.8 Å². The zero-order valence-electron chi connectivity index (χ0n) is 15.0. The van der Waals surface area contributed by atoms with Crippen LogP contribution in [0.1, 0.15) is 17.2 Å². The summed E-state index contributed by atoms with van der Waals surface area (Å²) < 4.78 is 60.8. The van der Waals surface area contributed by atoms with Crippen molar-refractivity contribution in [3.63, 3.8) is 0 Å². The molecule has 1 aliphatic rings. The van der Waals surface area contributed by atoms with Crippen LogP contribution in [0.2, 0.25) is 0 Å². The van der Waals surface area contributed by atoms with Gasteiger partial charge in [-0.2, -0.15) is 0 Å². The van der Waals surface area contributed by atoms with Crippen LogP contribution in [-0.4, -0.2) is 46.2 Å². The highest BCUT2D eigenvalue weighted by molar-refractivity contribution is 7.89. The van der Waals surface area contributed by atoms with Crippen LogP contribution >= 0.6 is 0 Å². The summed E-state index contributed by atoms with van der Waals surface area (Å²) >= 11 is 0. The Morgan fingerprint density at radius 3 is 2.44 bits per heavy atom. The molecule has 0 radical (unpaired) electrons. The molecule has 0 unspecified atom stereocenters. The molecule has 1 atom stereocenters. The second-order valence-electron chi connectivity index (χ2n) is 6.57. The fourth-order valence-electron chi connectivity index (χ4n) is 2.99. The third-order valence-corrected chi connectivity index (χ3v) is 5.99. The number of aryl methyl sites for hydroxylation is 1. The summed E-state index contributed by atoms with van der Waals surface area (Å²) in [5, 5.41) is 0. The lowest BCUT2D eigenvalue weighted by Crippen LogP contribution is -2.43. The fourth-order valence-corrected chi connectivity index (χ4v) is 4.29. The molecule has 8 heteroatoms. The normalized spacial score (nSPS) is 17.0. The molecule has 5 nitrogen and oxygen atoms in total. The third kappa shape index (κ3) is 5.10. The predicted molar refractivity (Wildman–Crippen MR) is 97.9 cm³/mol. The van der Waals surface area contributed by atoms with Crippen molar-refractivity contribution in [2.45, 2.75) is 17.9 Å². The molecule has 1 saturated heterocycles. The van der Waals surface area contributed by atoms with Gasteiger partial charge in [0.15, 0.2) is 0 Å². The van der Waals surface area contributed by atoms with Crippen LogP contribution in [0, 0.1) is 18.6 Å². The topological polar surface area (TPSA) is 58.6 Å². The van der Waals surface area contributed by atoms with E-state index in [0.717, 1.165) is 23.3 Å². The van der Waals surface area contributed by atoms with E-state index in [4.69, 9.17) is 4.74 Å². The first-order valence-corrected chi connectivity index (χ1v) is 10.2. The van der Waals surface area contributed by atoms with Gasteiger partial charge in [0.1, 0.15) is 16.5 Å². The molecule has 3 rings (SSSR count). The monoisotopic (exact) mass is 396 g/mol. The number of halogens is 2. The van der Waals surface area contributed by atoms with Gasteiger partial charge in [0.05, 0.1) is 19.3 Å². The molecule has 0 aliphatic carbocycles. The number of hydrogen-bond donors (Lipinski definition) is 1. The molecule has 1 heterocycles. The summed E-state index contributed by atoms with van der Waals surface area (Å²) in [5.74, 6) is -1.80. The summed E-state index contributed by atoms with van der Waals surface area (Å²) in [6.45, 7) is 4.85. The molecule has 2 aromatic carbocycles. The van der Waals surface area contributed by atoms with Crippen molar-refractivity contribution in [2.24, 2.45) is 0 Å². The summed E-state index contributed by atoms with van der Waals surface area (Å²) in [6, 6.07) is 9.24. The van der Waals surface area contributed by atoms with Crippen LogP contribution in [0.4, 0.5) is 8.78 Å². The molecule has 146 valence electrons. The van der Waals surface area contributed by atoms with Crippen LogP contribution in [0.15, 0.2) is 47.4 Å². The molecule has 1 aliphatic heterocycles. The number of benzene rings is 2. The lowest BCUT2D eigenvalue weighted by molar-refractivity contribution is 0.0345. The van der Waals surface area contributed by atoms with Gasteiger partial charge in [-0.1, -0.05) is 29.8 Å². The third-order valence-electron chi connectivity index (χ3n) is 4.50. The molecule has 0 bridgehead atoms. The Labute approximate surface area is 158 Å². The molecule has 0 aromatic heterocycles. The van der Waals surface area contributed by atoms with Crippen LogP contribution < -0.4 is 4.72 Å². The molecular weight excluding hydrogens is 374 g/mol. The van der Waals surface area contributed by atoms with Crippen molar-refractivity contribution >= 4 is 10.0 Å². The van der Waals surface area contributed by atoms with E-state index in [0.29, 0.717) is 38.9 Å². The smallest absolute Gasteiger partial charge is 0.244 e. The summed E-state index contributed by atoms with van der Waals surface area (Å²) in [6.07, 6.45) is 0. The first-order chi connectivity index (χ1) is 12.8. The Hall–Kier alpha value is -1.87. The number of ether oxygens (including phenoxy) is 1. The maximum absolute atomic E-state index is 14.0. The van der Waals surface area contributed by atoms with E-state index in [-0.39, 0.29) is 0 Å². The molecule has 1 fully saturated rings. The van der Waals surface area contributed by atoms with Crippen LogP contribution in [0.3, 0.4) is 0 Å². The Morgan fingerprint density at radius 1 is 1.11 bits per heavy atom. The Bertz CT molecular complexity index is 882. The molecule has 0 spiro atoms. The van der Waals surface area contributed by atoms with E-state index < -0.39 is 32.6 Å². The van der Waals surface area contributed by atoms with Gasteiger partial charge < -0.3 is 4.74 Å². The van der Waals surface area contributed by atoms with Gasteiger partial charge in [0.2, 0.25) is 10.0 Å². The number of nitrogens with zero attached hydrogens (tertiary/aromatic N) is 1. The number of sulfonamides is 1. The van der Waals surface area contributed by atoms with E-state index in [1.807, 2.05) is 31.2 Å². The number of morpholine rings is 1. The quantitative estimate of drug-likeness (QED) is 0.816. The largest absolute Gasteiger partial charge is 0.379 e. The molecule has 27 heavy (non-hydrogen) atoms. The maximum Gasteiger partial charge on any atom is 0.244 e. The molecule has 0 amide bonds. The Kier molecular flexibility index (Phi) is 6.21. The summed E-state index contributed by atoms with van der Waals surface area (Å²) in [4.78, 5) is 1.39. The van der Waals surface area contributed by atoms with Crippen LogP contribution in [0.5, 0.6) is 0 Å². The van der Waals surface area contributed by atoms with Crippen molar-refractivity contribution in [3.8, 4) is 0 Å². The number of nitrogens with one attached hydrogen (secondary N) is 1. The molecule has 1 N–H and O–H groups in total. The second kappa shape index (κ2) is 8.43. The number of rotatable bonds is 6. The van der Waals surface area contributed by atoms with Crippen molar-refractivity contribution in [1.29, 1.82) is 0 Å². The molecule has 0 saturated carbocycles. The average molecular weight is 396 g/mol. The Balaban J connectivity index is 1.89. The zero-order chi connectivity index (χ0) is 19.4. The van der Waals surface area contributed by atoms with Gasteiger partial charge in [-0.15, -0.1) is 0 Å². The Morgan fingerprint density at radius 2 is 1.78 bits per heavy atom. The highest BCUT2D eigenvalue weighted by Crippen LogP contribution is 2.22. The minimum atomic E-state index is -4.24. The van der Waals surface area contributed by atoms with E-state index in [2.05, 4.69) is 9.62 Å². The summed E-state index contributed by atoms with van der Waals surface area (Å²) in [7, 11) is -4.24. The van der Waals surface area contributed by atoms with Gasteiger partial charge >= 0.3 is 0 Å². The minimum Gasteiger partial charge on any atom is -0.379 e. The fraction of sp³-hybridized carbons (Fsp3) is 0.368. The van der Waals surface area contributed by atoms with E-state index in [9.17, 15) is 17.2 Å². The lowest BCUT2D eigenvalue weighted by atomic mass is 10.1. The second-order valence-corrected chi connectivity index (χ2v) is 8.25. The number of hydrogen-bond acceptors (Lipinski definition) is 4.